The van der Waals surface area contributed by atoms with Crippen LogP contribution in [0.2, 0.25) is 0 Å². The van der Waals surface area contributed by atoms with Crippen LogP contribution in [0.4, 0.5) is 17.1 Å². The van der Waals surface area contributed by atoms with Gasteiger partial charge in [0.2, 0.25) is 0 Å². The lowest BCUT2D eigenvalue weighted by atomic mass is 9.64. The Balaban J connectivity index is 1.28. The molecule has 11 rings (SSSR count). The lowest BCUT2D eigenvalue weighted by molar-refractivity contribution is 0.568. The van der Waals surface area contributed by atoms with E-state index in [9.17, 15) is 0 Å². The molecule has 11 aromatic carbocycles. The molecule has 418 valence electrons. The fraction of sp³-hybridized carbons (Fsp3) is 0.205. The molecule has 1 nitrogen and oxygen atoms in total. The van der Waals surface area contributed by atoms with E-state index < -0.39 is 5.41 Å². The highest BCUT2D eigenvalue weighted by atomic mass is 15.1. The molecule has 0 aliphatic rings. The lowest BCUT2D eigenvalue weighted by Gasteiger charge is -2.39. The van der Waals surface area contributed by atoms with Crippen LogP contribution in [-0.4, -0.2) is 0 Å². The van der Waals surface area contributed by atoms with Crippen LogP contribution in [0, 0.1) is 0 Å². The van der Waals surface area contributed by atoms with Crippen LogP contribution in [0.3, 0.4) is 0 Å². The minimum absolute atomic E-state index is 0.0452. The molecular weight excluding hydrogens is 1010 g/mol. The molecule has 0 radical (unpaired) electrons. The van der Waals surface area contributed by atoms with E-state index in [1.807, 2.05) is 0 Å². The van der Waals surface area contributed by atoms with Crippen molar-refractivity contribution in [2.24, 2.45) is 0 Å². The summed E-state index contributed by atoms with van der Waals surface area (Å²) in [6, 6.07) is 103. The van der Waals surface area contributed by atoms with E-state index in [1.54, 1.807) is 0 Å². The third kappa shape index (κ3) is 11.6. The van der Waals surface area contributed by atoms with Crippen LogP contribution in [0.15, 0.2) is 273 Å². The largest absolute Gasteiger partial charge is 0.309 e. The van der Waals surface area contributed by atoms with Gasteiger partial charge in [0.1, 0.15) is 0 Å². The van der Waals surface area contributed by atoms with Gasteiger partial charge in [-0.15, -0.1) is 0 Å². The molecule has 84 heavy (non-hydrogen) atoms. The summed E-state index contributed by atoms with van der Waals surface area (Å²) in [5, 5.41) is 0. The maximum atomic E-state index is 2.57. The van der Waals surface area contributed by atoms with Crippen LogP contribution < -0.4 is 4.90 Å². The van der Waals surface area contributed by atoms with Crippen molar-refractivity contribution in [3.8, 4) is 55.6 Å². The summed E-state index contributed by atoms with van der Waals surface area (Å²) in [7, 11) is 0. The van der Waals surface area contributed by atoms with Crippen molar-refractivity contribution in [2.45, 2.75) is 110 Å². The van der Waals surface area contributed by atoms with Crippen molar-refractivity contribution in [1.82, 2.24) is 0 Å². The lowest BCUT2D eigenvalue weighted by Crippen LogP contribution is -2.31. The molecule has 0 saturated carbocycles. The second-order valence-corrected chi connectivity index (χ2v) is 27.1. The summed E-state index contributed by atoms with van der Waals surface area (Å²) in [5.74, 6) is 0. The molecule has 0 saturated heterocycles. The number of hydrogen-bond acceptors (Lipinski definition) is 1. The summed E-state index contributed by atoms with van der Waals surface area (Å²) < 4.78 is 0. The van der Waals surface area contributed by atoms with E-state index in [-0.39, 0.29) is 21.7 Å². The molecule has 0 amide bonds. The Kier molecular flexibility index (Phi) is 15.5. The van der Waals surface area contributed by atoms with Crippen molar-refractivity contribution >= 4 is 17.1 Å². The third-order valence-corrected chi connectivity index (χ3v) is 17.0. The maximum absolute atomic E-state index is 2.57. The van der Waals surface area contributed by atoms with Crippen molar-refractivity contribution < 1.29 is 0 Å². The quantitative estimate of drug-likeness (QED) is 0.110. The molecule has 0 spiro atoms. The van der Waals surface area contributed by atoms with Crippen molar-refractivity contribution in [3.63, 3.8) is 0 Å². The first kappa shape index (κ1) is 57.1. The molecule has 0 aliphatic heterocycles. The van der Waals surface area contributed by atoms with Gasteiger partial charge in [0.15, 0.2) is 0 Å². The number of hydrogen-bond donors (Lipinski definition) is 0. The Morgan fingerprint density at radius 1 is 0.202 bits per heavy atom. The second-order valence-electron chi connectivity index (χ2n) is 27.1. The average Bonchev–Trinajstić information content (AvgIpc) is 2.92. The van der Waals surface area contributed by atoms with Crippen molar-refractivity contribution in [3.05, 3.63) is 317 Å². The van der Waals surface area contributed by atoms with Crippen LogP contribution in [0.25, 0.3) is 55.6 Å². The van der Waals surface area contributed by atoms with E-state index in [2.05, 4.69) is 361 Å². The van der Waals surface area contributed by atoms with Gasteiger partial charge < -0.3 is 4.90 Å². The van der Waals surface area contributed by atoms with Gasteiger partial charge >= 0.3 is 0 Å². The SMILES string of the molecule is CC(C)(C)c1cc(-c2cccc(N(c3cc(-c4ccccc4)cc(C(c4ccccc4)(c4ccccc4)c4cccc(-c5cc(C(C)(C)C)cc(C(C)(C)C)c5)c4)c3)c3c(-c4ccccc4)cccc3-c3ccccc3)c2)cc(C(C)(C)C)c1. The standard InChI is InChI=1S/C83H81N/c1-79(2,3)69-48-63(49-70(55-69)80(4,5)6)61-37-28-43-68(47-61)83(66-39-24-16-25-40-66,67-41-26-17-27-42-67)73-52-65(58-31-18-13-19-32-58)54-75(57-73)84(78-76(59-33-20-14-21-34-59)45-30-46-77(78)60-35-22-15-23-36-60)74-44-29-38-62(53-74)64-50-71(81(7,8)9)56-72(51-64)82(10,11)12/h13-57H,1-12H3. The summed E-state index contributed by atoms with van der Waals surface area (Å²) in [6.07, 6.45) is 0. The van der Waals surface area contributed by atoms with Gasteiger partial charge in [0, 0.05) is 22.5 Å². The van der Waals surface area contributed by atoms with Crippen LogP contribution in [0.1, 0.15) is 128 Å². The van der Waals surface area contributed by atoms with E-state index in [0.717, 1.165) is 61.6 Å². The van der Waals surface area contributed by atoms with E-state index in [0.29, 0.717) is 0 Å². The topological polar surface area (TPSA) is 3.24 Å². The Labute approximate surface area is 502 Å². The van der Waals surface area contributed by atoms with Gasteiger partial charge in [0.05, 0.1) is 11.1 Å². The van der Waals surface area contributed by atoms with Crippen LogP contribution >= 0.6 is 0 Å². The molecule has 0 atom stereocenters. The third-order valence-electron chi connectivity index (χ3n) is 17.0. The summed E-state index contributed by atoms with van der Waals surface area (Å²) in [6.45, 7) is 27.9. The maximum Gasteiger partial charge on any atom is 0.0702 e. The molecule has 0 heterocycles. The average molecular weight is 1090 g/mol. The smallest absolute Gasteiger partial charge is 0.0702 e. The fourth-order valence-corrected chi connectivity index (χ4v) is 12.1. The predicted octanol–water partition coefficient (Wildman–Crippen LogP) is 23.1. The van der Waals surface area contributed by atoms with Gasteiger partial charge in [-0.3, -0.25) is 0 Å². The minimum Gasteiger partial charge on any atom is -0.309 e. The minimum atomic E-state index is -0.821. The molecule has 1 heteroatoms. The number of para-hydroxylation sites is 1. The Morgan fingerprint density at radius 3 is 0.940 bits per heavy atom. The second kappa shape index (κ2) is 22.8. The predicted molar refractivity (Wildman–Crippen MR) is 361 cm³/mol. The Bertz CT molecular complexity index is 3910. The first-order valence-electron chi connectivity index (χ1n) is 30.1. The zero-order valence-corrected chi connectivity index (χ0v) is 51.4. The highest BCUT2D eigenvalue weighted by Crippen LogP contribution is 2.53. The first-order chi connectivity index (χ1) is 40.2. The summed E-state index contributed by atoms with van der Waals surface area (Å²) >= 11 is 0. The molecule has 11 aromatic rings. The fourth-order valence-electron chi connectivity index (χ4n) is 12.1. The molecule has 0 aromatic heterocycles. The number of benzene rings is 11. The molecule has 0 aliphatic carbocycles. The summed E-state index contributed by atoms with van der Waals surface area (Å²) in [5.41, 5.74) is 23.8. The Morgan fingerprint density at radius 2 is 0.512 bits per heavy atom. The monoisotopic (exact) mass is 1090 g/mol. The number of anilines is 3. The van der Waals surface area contributed by atoms with E-state index in [1.165, 1.54) is 55.6 Å². The normalized spacial score (nSPS) is 12.3. The van der Waals surface area contributed by atoms with Gasteiger partial charge in [-0.25, -0.2) is 0 Å². The summed E-state index contributed by atoms with van der Waals surface area (Å²) in [4.78, 5) is 2.57. The van der Waals surface area contributed by atoms with Gasteiger partial charge in [-0.2, -0.15) is 0 Å². The zero-order chi connectivity index (χ0) is 59.0. The molecule has 0 N–H and O–H groups in total. The van der Waals surface area contributed by atoms with E-state index >= 15 is 0 Å². The first-order valence-corrected chi connectivity index (χ1v) is 30.1. The Hall–Kier alpha value is -8.78. The molecule has 0 bridgehead atoms. The van der Waals surface area contributed by atoms with Crippen molar-refractivity contribution in [1.29, 1.82) is 0 Å². The van der Waals surface area contributed by atoms with Gasteiger partial charge in [-0.05, 0) is 147 Å². The number of nitrogens with zero attached hydrogens (tertiary/aromatic N) is 1. The highest BCUT2D eigenvalue weighted by Gasteiger charge is 2.40. The van der Waals surface area contributed by atoms with Crippen LogP contribution in [0.5, 0.6) is 0 Å². The van der Waals surface area contributed by atoms with Crippen molar-refractivity contribution in [2.75, 3.05) is 4.90 Å². The zero-order valence-electron chi connectivity index (χ0n) is 51.4. The van der Waals surface area contributed by atoms with Gasteiger partial charge in [-0.1, -0.05) is 320 Å². The number of rotatable bonds is 12. The molecular formula is C83H81N. The highest BCUT2D eigenvalue weighted by molar-refractivity contribution is 5.99. The van der Waals surface area contributed by atoms with Gasteiger partial charge in [0.25, 0.3) is 0 Å². The van der Waals surface area contributed by atoms with E-state index in [4.69, 9.17) is 0 Å². The molecule has 0 fully saturated rings. The molecule has 0 unspecified atom stereocenters. The van der Waals surface area contributed by atoms with Crippen LogP contribution in [-0.2, 0) is 27.1 Å².